The van der Waals surface area contributed by atoms with Gasteiger partial charge in [-0.1, -0.05) is 63.3 Å². The summed E-state index contributed by atoms with van der Waals surface area (Å²) in [7, 11) is 0. The summed E-state index contributed by atoms with van der Waals surface area (Å²) in [6.07, 6.45) is 9.05. The van der Waals surface area contributed by atoms with E-state index in [1.165, 1.54) is 49.3 Å². The Morgan fingerprint density at radius 1 is 0.905 bits per heavy atom. The van der Waals surface area contributed by atoms with Gasteiger partial charge in [0.05, 0.1) is 11.0 Å². The minimum Gasteiger partial charge on any atom is -0.342 e. The molecule has 0 aliphatic carbocycles. The number of nitrogens with one attached hydrogen (secondary N) is 1. The number of nitrogens with zero attached hydrogens (tertiary/aromatic N) is 1. The number of rotatable bonds is 7. The molecule has 0 atom stereocenters. The monoisotopic (exact) mass is 280 g/mol. The Morgan fingerprint density at radius 2 is 1.62 bits per heavy atom. The van der Waals surface area contributed by atoms with Crippen molar-refractivity contribution in [3.05, 3.63) is 42.2 Å². The van der Waals surface area contributed by atoms with E-state index in [9.17, 15) is 0 Å². The molecule has 0 fully saturated rings. The Hall–Kier alpha value is -1.83. The van der Waals surface area contributed by atoms with Gasteiger partial charge in [-0.05, 0) is 29.3 Å². The van der Waals surface area contributed by atoms with Gasteiger partial charge in [0.15, 0.2) is 0 Å². The first-order valence-electron chi connectivity index (χ1n) is 8.24. The van der Waals surface area contributed by atoms with Crippen LogP contribution >= 0.6 is 0 Å². The highest BCUT2D eigenvalue weighted by atomic mass is 14.9. The summed E-state index contributed by atoms with van der Waals surface area (Å²) in [5.74, 6) is 1.13. The van der Waals surface area contributed by atoms with E-state index in [1.54, 1.807) is 0 Å². The summed E-state index contributed by atoms with van der Waals surface area (Å²) in [4.78, 5) is 8.22. The molecule has 1 heterocycles. The standard InChI is InChI=1S/C19H24N2/c1-2-3-4-5-6-7-12-19-20-17-13-15-10-8-9-11-16(15)14-18(17)21-19/h8-11,13-14H,2-7,12H2,1H3,(H,20,21). The lowest BCUT2D eigenvalue weighted by Gasteiger charge is -1.98. The normalized spacial score (nSPS) is 11.5. The van der Waals surface area contributed by atoms with E-state index in [2.05, 4.69) is 48.3 Å². The molecular formula is C19H24N2. The molecule has 2 nitrogen and oxygen atoms in total. The Bertz CT molecular complexity index is 659. The van der Waals surface area contributed by atoms with Gasteiger partial charge in [0.2, 0.25) is 0 Å². The smallest absolute Gasteiger partial charge is 0.107 e. The van der Waals surface area contributed by atoms with Crippen LogP contribution in [0.25, 0.3) is 21.8 Å². The first-order chi connectivity index (χ1) is 10.4. The number of hydrogen-bond donors (Lipinski definition) is 1. The first-order valence-corrected chi connectivity index (χ1v) is 8.24. The second-order valence-corrected chi connectivity index (χ2v) is 5.92. The number of fused-ring (bicyclic) bond motifs is 2. The van der Waals surface area contributed by atoms with Crippen molar-refractivity contribution in [3.8, 4) is 0 Å². The molecule has 0 aliphatic heterocycles. The molecule has 1 N–H and O–H groups in total. The van der Waals surface area contributed by atoms with Gasteiger partial charge >= 0.3 is 0 Å². The highest BCUT2D eigenvalue weighted by molar-refractivity contribution is 5.95. The van der Waals surface area contributed by atoms with Crippen molar-refractivity contribution >= 4 is 21.8 Å². The minimum atomic E-state index is 1.07. The number of unbranched alkanes of at least 4 members (excludes halogenated alkanes) is 5. The average molecular weight is 280 g/mol. The van der Waals surface area contributed by atoms with Crippen molar-refractivity contribution in [2.24, 2.45) is 0 Å². The number of aryl methyl sites for hydroxylation is 1. The van der Waals surface area contributed by atoms with Crippen molar-refractivity contribution in [2.45, 2.75) is 51.9 Å². The number of hydrogen-bond acceptors (Lipinski definition) is 1. The second kappa shape index (κ2) is 6.75. The van der Waals surface area contributed by atoms with E-state index in [1.807, 2.05) is 0 Å². The predicted molar refractivity (Wildman–Crippen MR) is 90.7 cm³/mol. The fourth-order valence-corrected chi connectivity index (χ4v) is 2.94. The topological polar surface area (TPSA) is 28.7 Å². The molecule has 2 heteroatoms. The fraction of sp³-hybridized carbons (Fsp3) is 0.421. The molecule has 0 radical (unpaired) electrons. The van der Waals surface area contributed by atoms with Crippen LogP contribution in [-0.2, 0) is 6.42 Å². The van der Waals surface area contributed by atoms with Crippen LogP contribution in [0.2, 0.25) is 0 Å². The molecule has 21 heavy (non-hydrogen) atoms. The molecule has 0 saturated carbocycles. The van der Waals surface area contributed by atoms with E-state index >= 15 is 0 Å². The molecule has 110 valence electrons. The molecule has 0 bridgehead atoms. The third kappa shape index (κ3) is 3.44. The lowest BCUT2D eigenvalue weighted by Crippen LogP contribution is -1.88. The summed E-state index contributed by atoms with van der Waals surface area (Å²) in [6.45, 7) is 2.26. The van der Waals surface area contributed by atoms with Crippen molar-refractivity contribution < 1.29 is 0 Å². The van der Waals surface area contributed by atoms with Crippen molar-refractivity contribution in [1.29, 1.82) is 0 Å². The van der Waals surface area contributed by atoms with Crippen molar-refractivity contribution in [1.82, 2.24) is 9.97 Å². The summed E-state index contributed by atoms with van der Waals surface area (Å²) >= 11 is 0. The van der Waals surface area contributed by atoms with Crippen LogP contribution in [0.15, 0.2) is 36.4 Å². The second-order valence-electron chi connectivity index (χ2n) is 5.92. The maximum atomic E-state index is 4.74. The van der Waals surface area contributed by atoms with Gasteiger partial charge in [-0.3, -0.25) is 0 Å². The largest absolute Gasteiger partial charge is 0.342 e. The zero-order valence-corrected chi connectivity index (χ0v) is 12.9. The SMILES string of the molecule is CCCCCCCCc1nc2cc3ccccc3cc2[nH]1. The van der Waals surface area contributed by atoms with Crippen LogP contribution in [0, 0.1) is 0 Å². The zero-order chi connectivity index (χ0) is 14.5. The molecule has 0 unspecified atom stereocenters. The molecule has 0 saturated heterocycles. The van der Waals surface area contributed by atoms with Gasteiger partial charge in [0, 0.05) is 6.42 Å². The van der Waals surface area contributed by atoms with E-state index in [0.717, 1.165) is 23.3 Å². The van der Waals surface area contributed by atoms with Gasteiger partial charge in [-0.15, -0.1) is 0 Å². The predicted octanol–water partition coefficient (Wildman–Crippen LogP) is 5.62. The van der Waals surface area contributed by atoms with E-state index in [0.29, 0.717) is 0 Å². The lowest BCUT2D eigenvalue weighted by atomic mass is 10.1. The first kappa shape index (κ1) is 14.1. The van der Waals surface area contributed by atoms with Crippen LogP contribution in [0.3, 0.4) is 0 Å². The lowest BCUT2D eigenvalue weighted by molar-refractivity contribution is 0.602. The Morgan fingerprint density at radius 3 is 2.43 bits per heavy atom. The van der Waals surface area contributed by atoms with Gasteiger partial charge < -0.3 is 4.98 Å². The number of aromatic amines is 1. The number of aromatic nitrogens is 2. The van der Waals surface area contributed by atoms with Crippen LogP contribution in [0.5, 0.6) is 0 Å². The van der Waals surface area contributed by atoms with Crippen molar-refractivity contribution in [2.75, 3.05) is 0 Å². The molecule has 0 amide bonds. The minimum absolute atomic E-state index is 1.07. The molecule has 1 aromatic heterocycles. The molecular weight excluding hydrogens is 256 g/mol. The number of H-pyrrole nitrogens is 1. The third-order valence-corrected chi connectivity index (χ3v) is 4.17. The Balaban J connectivity index is 1.65. The van der Waals surface area contributed by atoms with E-state index < -0.39 is 0 Å². The number of benzene rings is 2. The molecule has 0 spiro atoms. The van der Waals surface area contributed by atoms with Crippen LogP contribution in [0.1, 0.15) is 51.3 Å². The third-order valence-electron chi connectivity index (χ3n) is 4.17. The van der Waals surface area contributed by atoms with Gasteiger partial charge in [-0.2, -0.15) is 0 Å². The van der Waals surface area contributed by atoms with Gasteiger partial charge in [-0.25, -0.2) is 4.98 Å². The molecule has 2 aromatic carbocycles. The molecule has 0 aliphatic rings. The van der Waals surface area contributed by atoms with Crippen molar-refractivity contribution in [3.63, 3.8) is 0 Å². The summed E-state index contributed by atoms with van der Waals surface area (Å²) in [5, 5.41) is 2.54. The Kier molecular flexibility index (Phi) is 4.54. The maximum Gasteiger partial charge on any atom is 0.107 e. The average Bonchev–Trinajstić information content (AvgIpc) is 2.90. The quantitative estimate of drug-likeness (QED) is 0.559. The van der Waals surface area contributed by atoms with E-state index in [-0.39, 0.29) is 0 Å². The van der Waals surface area contributed by atoms with Gasteiger partial charge in [0.25, 0.3) is 0 Å². The zero-order valence-electron chi connectivity index (χ0n) is 12.9. The number of imidazole rings is 1. The Labute approximate surface area is 126 Å². The molecule has 3 rings (SSSR count). The highest BCUT2D eigenvalue weighted by Crippen LogP contribution is 2.21. The van der Waals surface area contributed by atoms with Crippen LogP contribution < -0.4 is 0 Å². The van der Waals surface area contributed by atoms with Crippen LogP contribution in [-0.4, -0.2) is 9.97 Å². The summed E-state index contributed by atoms with van der Waals surface area (Å²) < 4.78 is 0. The highest BCUT2D eigenvalue weighted by Gasteiger charge is 2.04. The summed E-state index contributed by atoms with van der Waals surface area (Å²) in [6, 6.07) is 12.9. The van der Waals surface area contributed by atoms with Crippen LogP contribution in [0.4, 0.5) is 0 Å². The summed E-state index contributed by atoms with van der Waals surface area (Å²) in [5.41, 5.74) is 2.25. The molecule has 3 aromatic rings. The van der Waals surface area contributed by atoms with E-state index in [4.69, 9.17) is 4.98 Å². The van der Waals surface area contributed by atoms with Gasteiger partial charge in [0.1, 0.15) is 5.82 Å². The maximum absolute atomic E-state index is 4.74. The fourth-order valence-electron chi connectivity index (χ4n) is 2.94.